The van der Waals surface area contributed by atoms with Gasteiger partial charge in [-0.05, 0) is 47.2 Å². The third-order valence-electron chi connectivity index (χ3n) is 5.05. The summed E-state index contributed by atoms with van der Waals surface area (Å²) in [7, 11) is 0. The molecule has 0 amide bonds. The van der Waals surface area contributed by atoms with Crippen LogP contribution in [0.5, 0.6) is 11.5 Å². The summed E-state index contributed by atoms with van der Waals surface area (Å²) in [6.45, 7) is 12.8. The number of benzene rings is 2. The fraction of sp³-hybridized carbons (Fsp3) is 0.400. The number of phenols is 1. The van der Waals surface area contributed by atoms with Crippen molar-refractivity contribution in [3.8, 4) is 23.0 Å². The van der Waals surface area contributed by atoms with Crippen LogP contribution in [0.2, 0.25) is 0 Å². The standard InChI is InChI=1S/C25H30N2O4/c1-24(2,3)19-13-17(14-20(22(19)29)25(4,5)6)23-26-21(27-31-23)11-12-30-18-9-7-16(15-28)8-10-18/h7-10,13-15,29H,11-12H2,1-6H3. The van der Waals surface area contributed by atoms with E-state index in [1.165, 1.54) is 0 Å². The Balaban J connectivity index is 1.80. The van der Waals surface area contributed by atoms with E-state index < -0.39 is 0 Å². The van der Waals surface area contributed by atoms with Gasteiger partial charge in [-0.15, -0.1) is 0 Å². The molecule has 0 atom stereocenters. The molecule has 6 heteroatoms. The highest BCUT2D eigenvalue weighted by Gasteiger charge is 2.27. The van der Waals surface area contributed by atoms with E-state index in [1.54, 1.807) is 24.3 Å². The van der Waals surface area contributed by atoms with E-state index in [0.717, 1.165) is 23.0 Å². The molecule has 0 aliphatic heterocycles. The fourth-order valence-corrected chi connectivity index (χ4v) is 3.28. The molecule has 1 heterocycles. The Morgan fingerprint density at radius 1 is 1.00 bits per heavy atom. The van der Waals surface area contributed by atoms with Gasteiger partial charge in [0.05, 0.1) is 6.61 Å². The summed E-state index contributed by atoms with van der Waals surface area (Å²) in [5.74, 6) is 1.96. The van der Waals surface area contributed by atoms with Gasteiger partial charge in [0.2, 0.25) is 0 Å². The third-order valence-corrected chi connectivity index (χ3v) is 5.05. The largest absolute Gasteiger partial charge is 0.507 e. The van der Waals surface area contributed by atoms with Gasteiger partial charge in [-0.3, -0.25) is 4.79 Å². The number of ether oxygens (including phenoxy) is 1. The molecule has 0 saturated carbocycles. The molecule has 0 fully saturated rings. The first-order valence-electron chi connectivity index (χ1n) is 10.4. The number of aromatic nitrogens is 2. The molecule has 0 bridgehead atoms. The average Bonchev–Trinajstić information content (AvgIpc) is 3.16. The minimum atomic E-state index is -0.240. The van der Waals surface area contributed by atoms with E-state index in [9.17, 15) is 9.90 Å². The summed E-state index contributed by atoms with van der Waals surface area (Å²) in [4.78, 5) is 15.3. The lowest BCUT2D eigenvalue weighted by atomic mass is 9.78. The topological polar surface area (TPSA) is 85.5 Å². The normalized spacial score (nSPS) is 12.1. The molecule has 0 aliphatic carbocycles. The van der Waals surface area contributed by atoms with Gasteiger partial charge in [0.1, 0.15) is 17.8 Å². The van der Waals surface area contributed by atoms with Gasteiger partial charge in [-0.25, -0.2) is 0 Å². The molecule has 0 spiro atoms. The Kier molecular flexibility index (Phi) is 6.20. The zero-order valence-electron chi connectivity index (χ0n) is 19.0. The zero-order valence-corrected chi connectivity index (χ0v) is 19.0. The van der Waals surface area contributed by atoms with Gasteiger partial charge in [0, 0.05) is 28.7 Å². The van der Waals surface area contributed by atoms with Crippen molar-refractivity contribution in [3.05, 3.63) is 58.9 Å². The number of hydrogen-bond donors (Lipinski definition) is 1. The van der Waals surface area contributed by atoms with Crippen LogP contribution in [0, 0.1) is 0 Å². The maximum atomic E-state index is 10.9. The maximum Gasteiger partial charge on any atom is 0.257 e. The first kappa shape index (κ1) is 22.5. The number of carbonyl (C=O) groups excluding carboxylic acids is 1. The molecule has 3 aromatic rings. The second kappa shape index (κ2) is 8.53. The van der Waals surface area contributed by atoms with Crippen molar-refractivity contribution >= 4 is 6.29 Å². The number of aldehydes is 1. The van der Waals surface area contributed by atoms with E-state index in [0.29, 0.717) is 41.8 Å². The number of phenolic OH excluding ortho intramolecular Hbond substituents is 1. The fourth-order valence-electron chi connectivity index (χ4n) is 3.28. The lowest BCUT2D eigenvalue weighted by Gasteiger charge is -2.27. The molecule has 0 saturated heterocycles. The summed E-state index contributed by atoms with van der Waals surface area (Å²) in [6.07, 6.45) is 1.28. The van der Waals surface area contributed by atoms with Crippen molar-refractivity contribution in [3.63, 3.8) is 0 Å². The second-order valence-corrected chi connectivity index (χ2v) is 9.72. The van der Waals surface area contributed by atoms with E-state index in [2.05, 4.69) is 51.7 Å². The van der Waals surface area contributed by atoms with E-state index >= 15 is 0 Å². The van der Waals surface area contributed by atoms with Crippen LogP contribution in [0.1, 0.15) is 68.9 Å². The van der Waals surface area contributed by atoms with Crippen LogP contribution in [0.15, 0.2) is 40.9 Å². The summed E-state index contributed by atoms with van der Waals surface area (Å²) in [5.41, 5.74) is 2.60. The van der Waals surface area contributed by atoms with Crippen molar-refractivity contribution in [2.45, 2.75) is 58.8 Å². The van der Waals surface area contributed by atoms with Crippen molar-refractivity contribution in [2.75, 3.05) is 6.61 Å². The quantitative estimate of drug-likeness (QED) is 0.530. The van der Waals surface area contributed by atoms with Gasteiger partial charge >= 0.3 is 0 Å². The minimum Gasteiger partial charge on any atom is -0.507 e. The minimum absolute atomic E-state index is 0.240. The Morgan fingerprint density at radius 2 is 1.58 bits per heavy atom. The van der Waals surface area contributed by atoms with Crippen LogP contribution in [0.25, 0.3) is 11.5 Å². The van der Waals surface area contributed by atoms with Crippen LogP contribution in [-0.2, 0) is 17.3 Å². The molecule has 1 aromatic heterocycles. The first-order valence-corrected chi connectivity index (χ1v) is 10.4. The second-order valence-electron chi connectivity index (χ2n) is 9.72. The molecule has 0 aliphatic rings. The van der Waals surface area contributed by atoms with Crippen LogP contribution in [0.4, 0.5) is 0 Å². The van der Waals surface area contributed by atoms with Gasteiger partial charge in [0.15, 0.2) is 5.82 Å². The van der Waals surface area contributed by atoms with Gasteiger partial charge < -0.3 is 14.4 Å². The number of rotatable bonds is 6. The lowest BCUT2D eigenvalue weighted by Crippen LogP contribution is -2.17. The number of hydrogen-bond acceptors (Lipinski definition) is 6. The molecule has 164 valence electrons. The lowest BCUT2D eigenvalue weighted by molar-refractivity contribution is 0.112. The Labute approximate surface area is 183 Å². The first-order chi connectivity index (χ1) is 14.5. The van der Waals surface area contributed by atoms with E-state index in [-0.39, 0.29) is 10.8 Å². The number of nitrogens with zero attached hydrogens (tertiary/aromatic N) is 2. The van der Waals surface area contributed by atoms with Gasteiger partial charge in [0.25, 0.3) is 5.89 Å². The van der Waals surface area contributed by atoms with Crippen LogP contribution >= 0.6 is 0 Å². The predicted molar refractivity (Wildman–Crippen MR) is 120 cm³/mol. The maximum absolute atomic E-state index is 10.9. The van der Waals surface area contributed by atoms with Crippen molar-refractivity contribution in [1.82, 2.24) is 10.1 Å². The molecule has 31 heavy (non-hydrogen) atoms. The monoisotopic (exact) mass is 422 g/mol. The zero-order chi connectivity index (χ0) is 22.8. The molecule has 6 nitrogen and oxygen atoms in total. The Bertz CT molecular complexity index is 1020. The molecule has 1 N–H and O–H groups in total. The molecular weight excluding hydrogens is 392 g/mol. The highest BCUT2D eigenvalue weighted by Crippen LogP contribution is 2.41. The summed E-state index contributed by atoms with van der Waals surface area (Å²) in [6, 6.07) is 10.8. The number of carbonyl (C=O) groups is 1. The van der Waals surface area contributed by atoms with Crippen molar-refractivity contribution in [2.24, 2.45) is 0 Å². The highest BCUT2D eigenvalue weighted by molar-refractivity contribution is 5.74. The van der Waals surface area contributed by atoms with Crippen molar-refractivity contribution < 1.29 is 19.2 Å². The Morgan fingerprint density at radius 3 is 2.10 bits per heavy atom. The molecule has 0 radical (unpaired) electrons. The average molecular weight is 423 g/mol. The van der Waals surface area contributed by atoms with E-state index in [1.807, 2.05) is 12.1 Å². The summed E-state index contributed by atoms with van der Waals surface area (Å²) < 4.78 is 11.2. The highest BCUT2D eigenvalue weighted by atomic mass is 16.5. The van der Waals surface area contributed by atoms with Gasteiger partial charge in [-0.2, -0.15) is 4.98 Å². The third kappa shape index (κ3) is 5.32. The SMILES string of the molecule is CC(C)(C)c1cc(-c2nc(CCOc3ccc(C=O)cc3)no2)cc(C(C)(C)C)c1O. The summed E-state index contributed by atoms with van der Waals surface area (Å²) in [5, 5.41) is 15.0. The molecule has 0 unspecified atom stereocenters. The smallest absolute Gasteiger partial charge is 0.257 e. The van der Waals surface area contributed by atoms with Crippen LogP contribution in [-0.4, -0.2) is 28.1 Å². The number of aromatic hydroxyl groups is 1. The van der Waals surface area contributed by atoms with Crippen LogP contribution in [0.3, 0.4) is 0 Å². The Hall–Kier alpha value is -3.15. The van der Waals surface area contributed by atoms with Crippen molar-refractivity contribution in [1.29, 1.82) is 0 Å². The van der Waals surface area contributed by atoms with E-state index in [4.69, 9.17) is 9.26 Å². The summed E-state index contributed by atoms with van der Waals surface area (Å²) >= 11 is 0. The van der Waals surface area contributed by atoms with Crippen LogP contribution < -0.4 is 4.74 Å². The van der Waals surface area contributed by atoms with Gasteiger partial charge in [-0.1, -0.05) is 46.7 Å². The molecule has 2 aromatic carbocycles. The molecular formula is C25H30N2O4. The molecule has 3 rings (SSSR count). The predicted octanol–water partition coefficient (Wildman–Crippen LogP) is 5.47.